The molecule has 110 valence electrons. The Balaban J connectivity index is 2.28. The lowest BCUT2D eigenvalue weighted by atomic mass is 10.1. The molecule has 7 heteroatoms. The van der Waals surface area contributed by atoms with Gasteiger partial charge in [0.25, 0.3) is 5.69 Å². The Kier molecular flexibility index (Phi) is 4.54. The molecular weight excluding hydrogens is 345 g/mol. The molecule has 0 bridgehead atoms. The molecule has 0 fully saturated rings. The molecule has 5 nitrogen and oxygen atoms in total. The van der Waals surface area contributed by atoms with Crippen LogP contribution in [0.25, 0.3) is 0 Å². The van der Waals surface area contributed by atoms with E-state index in [0.717, 1.165) is 12.1 Å². The quantitative estimate of drug-likeness (QED) is 0.653. The van der Waals surface area contributed by atoms with Crippen LogP contribution < -0.4 is 4.74 Å². The average molecular weight is 356 g/mol. The van der Waals surface area contributed by atoms with Gasteiger partial charge in [0, 0.05) is 6.07 Å². The Hall–Kier alpha value is -1.99. The highest BCUT2D eigenvalue weighted by Gasteiger charge is 2.14. The largest absolute Gasteiger partial charge is 0.453 e. The number of hydrogen-bond donors (Lipinski definition) is 1. The molecular formula is C14H11BrFNO4. The van der Waals surface area contributed by atoms with Gasteiger partial charge in [0.15, 0.2) is 11.6 Å². The van der Waals surface area contributed by atoms with Crippen molar-refractivity contribution < 1.29 is 19.2 Å². The summed E-state index contributed by atoms with van der Waals surface area (Å²) in [7, 11) is 0. The van der Waals surface area contributed by atoms with Gasteiger partial charge in [-0.2, -0.15) is 0 Å². The Labute approximate surface area is 128 Å². The fourth-order valence-electron chi connectivity index (χ4n) is 1.66. The third kappa shape index (κ3) is 3.56. The van der Waals surface area contributed by atoms with E-state index in [1.54, 1.807) is 25.1 Å². The molecule has 0 aromatic heterocycles. The molecule has 0 unspecified atom stereocenters. The minimum atomic E-state index is -0.823. The second-order valence-corrected chi connectivity index (χ2v) is 5.19. The fraction of sp³-hybridized carbons (Fsp3) is 0.143. The normalized spacial score (nSPS) is 12.0. The van der Waals surface area contributed by atoms with E-state index >= 15 is 0 Å². The SMILES string of the molecule is C[C@H](O)c1ccc(Oc2ccc([N+](=O)[O-])cc2F)c(Br)c1. The number of ether oxygens (including phenoxy) is 1. The van der Waals surface area contributed by atoms with Crippen molar-refractivity contribution in [1.82, 2.24) is 0 Å². The second-order valence-electron chi connectivity index (χ2n) is 4.34. The first-order valence-electron chi connectivity index (χ1n) is 5.98. The number of halogens is 2. The third-order valence-electron chi connectivity index (χ3n) is 2.78. The Morgan fingerprint density at radius 1 is 1.29 bits per heavy atom. The van der Waals surface area contributed by atoms with Gasteiger partial charge in [0.2, 0.25) is 0 Å². The van der Waals surface area contributed by atoms with Gasteiger partial charge in [-0.1, -0.05) is 6.07 Å². The zero-order valence-corrected chi connectivity index (χ0v) is 12.5. The molecule has 0 spiro atoms. The first-order chi connectivity index (χ1) is 9.88. The molecule has 0 heterocycles. The summed E-state index contributed by atoms with van der Waals surface area (Å²) in [4.78, 5) is 9.86. The van der Waals surface area contributed by atoms with Gasteiger partial charge in [-0.25, -0.2) is 4.39 Å². The van der Waals surface area contributed by atoms with E-state index in [4.69, 9.17) is 4.74 Å². The second kappa shape index (κ2) is 6.19. The number of aliphatic hydroxyl groups is 1. The number of benzene rings is 2. The van der Waals surface area contributed by atoms with Crippen molar-refractivity contribution >= 4 is 21.6 Å². The molecule has 21 heavy (non-hydrogen) atoms. The molecule has 2 aromatic rings. The highest BCUT2D eigenvalue weighted by atomic mass is 79.9. The summed E-state index contributed by atoms with van der Waals surface area (Å²) < 4.78 is 19.7. The predicted octanol–water partition coefficient (Wildman–Crippen LogP) is 4.34. The predicted molar refractivity (Wildman–Crippen MR) is 77.9 cm³/mol. The van der Waals surface area contributed by atoms with Crippen molar-refractivity contribution in [2.45, 2.75) is 13.0 Å². The van der Waals surface area contributed by atoms with Crippen LogP contribution in [0.3, 0.4) is 0 Å². The number of nitro benzene ring substituents is 1. The Bertz CT molecular complexity index is 691. The molecule has 0 amide bonds. The van der Waals surface area contributed by atoms with Gasteiger partial charge in [-0.3, -0.25) is 10.1 Å². The van der Waals surface area contributed by atoms with Crippen LogP contribution in [0.4, 0.5) is 10.1 Å². The summed E-state index contributed by atoms with van der Waals surface area (Å²) in [5, 5.41) is 20.0. The standard InChI is InChI=1S/C14H11BrFNO4/c1-8(18)9-2-4-13(11(15)6-9)21-14-5-3-10(17(19)20)7-12(14)16/h2-8,18H,1H3/t8-/m0/s1. The monoisotopic (exact) mass is 355 g/mol. The van der Waals surface area contributed by atoms with Gasteiger partial charge >= 0.3 is 0 Å². The first-order valence-corrected chi connectivity index (χ1v) is 6.77. The molecule has 0 saturated heterocycles. The maximum absolute atomic E-state index is 13.8. The number of nitro groups is 1. The van der Waals surface area contributed by atoms with E-state index in [-0.39, 0.29) is 11.4 Å². The zero-order chi connectivity index (χ0) is 15.6. The lowest BCUT2D eigenvalue weighted by Crippen LogP contribution is -1.95. The molecule has 1 atom stereocenters. The average Bonchev–Trinajstić information content (AvgIpc) is 2.42. The van der Waals surface area contributed by atoms with E-state index in [1.165, 1.54) is 6.07 Å². The van der Waals surface area contributed by atoms with Gasteiger partial charge in [0.1, 0.15) is 5.75 Å². The van der Waals surface area contributed by atoms with Crippen molar-refractivity contribution in [1.29, 1.82) is 0 Å². The number of non-ortho nitro benzene ring substituents is 1. The van der Waals surface area contributed by atoms with E-state index < -0.39 is 16.8 Å². The molecule has 0 aliphatic rings. The molecule has 1 N–H and O–H groups in total. The van der Waals surface area contributed by atoms with E-state index in [9.17, 15) is 19.6 Å². The minimum Gasteiger partial charge on any atom is -0.453 e. The summed E-state index contributed by atoms with van der Waals surface area (Å²) in [5.74, 6) is -0.603. The van der Waals surface area contributed by atoms with E-state index in [0.29, 0.717) is 15.8 Å². The molecule has 2 aromatic carbocycles. The topological polar surface area (TPSA) is 72.6 Å². The highest BCUT2D eigenvalue weighted by molar-refractivity contribution is 9.10. The van der Waals surface area contributed by atoms with Crippen molar-refractivity contribution in [2.24, 2.45) is 0 Å². The Morgan fingerprint density at radius 3 is 2.48 bits per heavy atom. The highest BCUT2D eigenvalue weighted by Crippen LogP contribution is 2.34. The van der Waals surface area contributed by atoms with Crippen LogP contribution >= 0.6 is 15.9 Å². The van der Waals surface area contributed by atoms with Crippen LogP contribution in [0.5, 0.6) is 11.5 Å². The summed E-state index contributed by atoms with van der Waals surface area (Å²) >= 11 is 3.27. The zero-order valence-electron chi connectivity index (χ0n) is 10.9. The van der Waals surface area contributed by atoms with Crippen LogP contribution in [-0.2, 0) is 0 Å². The molecule has 0 saturated carbocycles. The van der Waals surface area contributed by atoms with Gasteiger partial charge in [-0.05, 0) is 46.6 Å². The van der Waals surface area contributed by atoms with Crippen molar-refractivity contribution in [2.75, 3.05) is 0 Å². The van der Waals surface area contributed by atoms with Crippen LogP contribution in [-0.4, -0.2) is 10.0 Å². The van der Waals surface area contributed by atoms with Crippen molar-refractivity contribution in [3.05, 3.63) is 62.4 Å². The van der Waals surface area contributed by atoms with E-state index in [2.05, 4.69) is 15.9 Å². The Morgan fingerprint density at radius 2 is 1.95 bits per heavy atom. The summed E-state index contributed by atoms with van der Waals surface area (Å²) in [5.41, 5.74) is 0.335. The minimum absolute atomic E-state index is 0.119. The lowest BCUT2D eigenvalue weighted by Gasteiger charge is -2.11. The summed E-state index contributed by atoms with van der Waals surface area (Å²) in [6.45, 7) is 1.62. The molecule has 2 rings (SSSR count). The van der Waals surface area contributed by atoms with Crippen LogP contribution in [0.15, 0.2) is 40.9 Å². The first kappa shape index (κ1) is 15.4. The van der Waals surface area contributed by atoms with Crippen molar-refractivity contribution in [3.8, 4) is 11.5 Å². The van der Waals surface area contributed by atoms with Gasteiger partial charge in [0.05, 0.1) is 21.6 Å². The van der Waals surface area contributed by atoms with Crippen LogP contribution in [0, 0.1) is 15.9 Å². The fourth-order valence-corrected chi connectivity index (χ4v) is 2.14. The number of aliphatic hydroxyl groups excluding tert-OH is 1. The summed E-state index contributed by atoms with van der Waals surface area (Å²) in [6, 6.07) is 8.04. The molecule has 0 aliphatic carbocycles. The molecule has 0 radical (unpaired) electrons. The van der Waals surface area contributed by atoms with Gasteiger partial charge in [-0.15, -0.1) is 0 Å². The smallest absolute Gasteiger partial charge is 0.272 e. The number of rotatable bonds is 4. The van der Waals surface area contributed by atoms with Crippen LogP contribution in [0.1, 0.15) is 18.6 Å². The maximum atomic E-state index is 13.8. The van der Waals surface area contributed by atoms with Crippen molar-refractivity contribution in [3.63, 3.8) is 0 Å². The number of hydrogen-bond acceptors (Lipinski definition) is 4. The van der Waals surface area contributed by atoms with Gasteiger partial charge < -0.3 is 9.84 Å². The lowest BCUT2D eigenvalue weighted by molar-refractivity contribution is -0.385. The molecule has 0 aliphatic heterocycles. The number of nitrogens with zero attached hydrogens (tertiary/aromatic N) is 1. The third-order valence-corrected chi connectivity index (χ3v) is 3.40. The van der Waals surface area contributed by atoms with Crippen LogP contribution in [0.2, 0.25) is 0 Å². The van der Waals surface area contributed by atoms with E-state index in [1.807, 2.05) is 0 Å². The maximum Gasteiger partial charge on any atom is 0.272 e. The summed E-state index contributed by atoms with van der Waals surface area (Å²) in [6.07, 6.45) is -0.633.